The highest BCUT2D eigenvalue weighted by Gasteiger charge is 2.54. The van der Waals surface area contributed by atoms with E-state index >= 15 is 0 Å². The van der Waals surface area contributed by atoms with Crippen LogP contribution in [0.4, 0.5) is 5.13 Å². The van der Waals surface area contributed by atoms with E-state index in [0.717, 1.165) is 48.0 Å². The molecule has 3 aromatic rings. The minimum absolute atomic E-state index is 0.0131. The van der Waals surface area contributed by atoms with Crippen molar-refractivity contribution in [2.75, 3.05) is 44.2 Å². The third kappa shape index (κ3) is 8.25. The predicted molar refractivity (Wildman–Crippen MR) is 206 cm³/mol. The number of anilines is 1. The minimum atomic E-state index is -1.96. The molecule has 2 saturated heterocycles. The lowest BCUT2D eigenvalue weighted by molar-refractivity contribution is -0.911. The summed E-state index contributed by atoms with van der Waals surface area (Å²) in [5.74, 6) is -7.91. The third-order valence-electron chi connectivity index (χ3n) is 10.6. The zero-order valence-electron chi connectivity index (χ0n) is 31.0. The number of nitrogens with one attached hydrogen (secondary N) is 2. The number of phenols is 2. The van der Waals surface area contributed by atoms with Crippen LogP contribution >= 0.6 is 23.1 Å². The van der Waals surface area contributed by atoms with E-state index in [9.17, 15) is 54.0 Å². The molecule has 8 N–H and O–H groups in total. The Hall–Kier alpha value is -6.20. The van der Waals surface area contributed by atoms with Crippen molar-refractivity contribution in [3.05, 3.63) is 56.5 Å². The minimum Gasteiger partial charge on any atom is -0.543 e. The number of nitrogens with zero attached hydrogens (tertiary/aromatic N) is 5. The molecule has 2 aromatic heterocycles. The molecule has 23 heteroatoms. The van der Waals surface area contributed by atoms with E-state index in [1.54, 1.807) is 4.57 Å². The lowest BCUT2D eigenvalue weighted by atomic mass is 10.0. The first kappa shape index (κ1) is 41.0. The molecule has 1 aliphatic carbocycles. The lowest BCUT2D eigenvalue weighted by Crippen LogP contribution is -2.72. The molecule has 3 amide bonds. The molecular weight excluding hydrogens is 817 g/mol. The van der Waals surface area contributed by atoms with Gasteiger partial charge in [-0.25, -0.2) is 9.78 Å². The number of hydrogen-bond acceptors (Lipinski definition) is 16. The van der Waals surface area contributed by atoms with E-state index < -0.39 is 76.5 Å². The van der Waals surface area contributed by atoms with Crippen LogP contribution in [-0.2, 0) is 28.8 Å². The number of quaternary nitrogens is 1. The number of thiazole rings is 1. The molecule has 3 aliphatic heterocycles. The number of thioether (sulfide) groups is 1. The lowest BCUT2D eigenvalue weighted by Gasteiger charge is -2.51. The molecule has 7 rings (SSSR count). The molecular formula is C36H38N8O13S2. The molecule has 0 radical (unpaired) electrons. The Labute approximate surface area is 341 Å². The molecule has 3 fully saturated rings. The quantitative estimate of drug-likeness (QED) is 0.0295. The summed E-state index contributed by atoms with van der Waals surface area (Å²) in [5.41, 5.74) is 4.73. The highest BCUT2D eigenvalue weighted by atomic mass is 32.2. The molecule has 59 heavy (non-hydrogen) atoms. The molecule has 3 atom stereocenters. The van der Waals surface area contributed by atoms with Gasteiger partial charge in [-0.1, -0.05) is 5.16 Å². The van der Waals surface area contributed by atoms with Crippen LogP contribution in [0.3, 0.4) is 0 Å². The zero-order valence-corrected chi connectivity index (χ0v) is 32.6. The largest absolute Gasteiger partial charge is 0.543 e. The maximum Gasteiger partial charge on any atom is 0.348 e. The molecule has 1 aromatic carbocycles. The van der Waals surface area contributed by atoms with Crippen molar-refractivity contribution in [1.82, 2.24) is 25.1 Å². The van der Waals surface area contributed by atoms with Gasteiger partial charge >= 0.3 is 11.9 Å². The summed E-state index contributed by atoms with van der Waals surface area (Å²) in [4.78, 5) is 99.1. The Morgan fingerprint density at radius 3 is 2.44 bits per heavy atom. The Morgan fingerprint density at radius 2 is 1.81 bits per heavy atom. The fourth-order valence-corrected chi connectivity index (χ4v) is 9.50. The molecule has 0 spiro atoms. The zero-order chi connectivity index (χ0) is 42.3. The second-order valence-electron chi connectivity index (χ2n) is 14.6. The molecule has 0 unspecified atom stereocenters. The number of carbonyl (C=O) groups excluding carboxylic acids is 4. The Bertz CT molecular complexity index is 2400. The third-order valence-corrected chi connectivity index (χ3v) is 12.7. The van der Waals surface area contributed by atoms with E-state index in [0.29, 0.717) is 35.2 Å². The smallest absolute Gasteiger partial charge is 0.348 e. The number of carbonyl (C=O) groups is 6. The first-order valence-electron chi connectivity index (χ1n) is 18.4. The van der Waals surface area contributed by atoms with Gasteiger partial charge in [0.15, 0.2) is 22.3 Å². The number of benzene rings is 1. The number of likely N-dealkylation sites (tertiary alicyclic amines) is 1. The first-order chi connectivity index (χ1) is 28.1. The van der Waals surface area contributed by atoms with Crippen LogP contribution in [0, 0.1) is 0 Å². The van der Waals surface area contributed by atoms with Crippen molar-refractivity contribution in [1.29, 1.82) is 0 Å². The fraction of sp³-hybridized carbons (Fsp3) is 0.417. The van der Waals surface area contributed by atoms with Crippen molar-refractivity contribution >= 4 is 80.5 Å². The highest BCUT2D eigenvalue weighted by Crippen LogP contribution is 2.42. The summed E-state index contributed by atoms with van der Waals surface area (Å²) < 4.78 is 2.14. The highest BCUT2D eigenvalue weighted by molar-refractivity contribution is 8.00. The number of carboxylic acids is 3. The summed E-state index contributed by atoms with van der Waals surface area (Å²) in [6.45, 7) is 2.01. The van der Waals surface area contributed by atoms with Gasteiger partial charge in [0, 0.05) is 47.9 Å². The number of nitrogens with two attached hydrogens (primary N) is 1. The Balaban J connectivity index is 1.05. The number of fused-ring (bicyclic) bond motifs is 2. The van der Waals surface area contributed by atoms with E-state index in [-0.39, 0.29) is 58.1 Å². The second kappa shape index (κ2) is 16.2. The fourth-order valence-electron chi connectivity index (χ4n) is 7.61. The summed E-state index contributed by atoms with van der Waals surface area (Å²) in [5, 5.41) is 60.6. The van der Waals surface area contributed by atoms with Crippen molar-refractivity contribution in [3.8, 4) is 11.5 Å². The number of oxime groups is 1. The summed E-state index contributed by atoms with van der Waals surface area (Å²) in [6.07, 6.45) is 1.82. The molecule has 21 nitrogen and oxygen atoms in total. The van der Waals surface area contributed by atoms with Gasteiger partial charge in [-0.15, -0.1) is 23.1 Å². The number of phenolic OH excluding ortho intramolecular Hbond substituents is 2. The average Bonchev–Trinajstić information content (AvgIpc) is 3.78. The number of carboxylic acid groups (broad SMARTS) is 3. The van der Waals surface area contributed by atoms with Gasteiger partial charge < -0.3 is 60.6 Å². The molecule has 0 bridgehead atoms. The molecule has 312 valence electrons. The number of aromatic hydroxyl groups is 2. The number of amides is 3. The van der Waals surface area contributed by atoms with Gasteiger partial charge in [0.2, 0.25) is 11.5 Å². The van der Waals surface area contributed by atoms with Crippen LogP contribution in [-0.4, -0.2) is 137 Å². The Kier molecular flexibility index (Phi) is 11.3. The molecule has 4 aliphatic rings. The van der Waals surface area contributed by atoms with Gasteiger partial charge in [-0.05, 0) is 18.9 Å². The van der Waals surface area contributed by atoms with Crippen LogP contribution in [0.25, 0.3) is 10.9 Å². The maximum atomic E-state index is 13.6. The van der Waals surface area contributed by atoms with Gasteiger partial charge in [-0.2, -0.15) is 0 Å². The van der Waals surface area contributed by atoms with Gasteiger partial charge in [0.1, 0.15) is 29.2 Å². The Morgan fingerprint density at radius 1 is 1.10 bits per heavy atom. The number of rotatable bonds is 16. The standard InChI is InChI=1S/C36H38N8O13S2/c37-36-39-20(15-59-36)26(41-57-24(34(53)54)11-25(47)48)31(51)40-27-32(52)43-28(35(55)56)16(14-58-33(27)43)13-44(6-1-2-7-44)8-5-38-30(50)19-12-42(17-3-4-17)21-10-23(46)22(45)9-18(21)29(19)49/h9-10,12,15,17,24,27,33H,1-8,11,13-14H2,(H8-,37,38,39,40,41,45,46,47,48,49,50,51,53,54,55,56)/t24-,27+,33+/m0/s1. The van der Waals surface area contributed by atoms with Crippen molar-refractivity contribution < 1.29 is 63.6 Å². The van der Waals surface area contributed by atoms with E-state index in [1.807, 2.05) is 0 Å². The first-order valence-corrected chi connectivity index (χ1v) is 20.3. The van der Waals surface area contributed by atoms with Crippen molar-refractivity contribution in [2.45, 2.75) is 55.7 Å². The number of hydrogen-bond donors (Lipinski definition) is 7. The number of β-lactam (4-membered cyclic amide) rings is 1. The van der Waals surface area contributed by atoms with E-state index in [1.165, 1.54) is 29.4 Å². The second-order valence-corrected chi connectivity index (χ2v) is 16.6. The average molecular weight is 855 g/mol. The predicted octanol–water partition coefficient (Wildman–Crippen LogP) is -1.12. The topological polar surface area (TPSA) is 316 Å². The van der Waals surface area contributed by atoms with Crippen molar-refractivity contribution in [2.24, 2.45) is 5.16 Å². The van der Waals surface area contributed by atoms with Gasteiger partial charge in [0.25, 0.3) is 17.7 Å². The van der Waals surface area contributed by atoms with E-state index in [4.69, 9.17) is 15.7 Å². The van der Waals surface area contributed by atoms with Gasteiger partial charge in [0.05, 0.1) is 55.2 Å². The van der Waals surface area contributed by atoms with Crippen LogP contribution in [0.2, 0.25) is 0 Å². The number of pyridine rings is 1. The summed E-state index contributed by atoms with van der Waals surface area (Å²) in [6, 6.07) is 1.23. The summed E-state index contributed by atoms with van der Waals surface area (Å²) >= 11 is 2.12. The van der Waals surface area contributed by atoms with E-state index in [2.05, 4.69) is 20.8 Å². The number of aromatic nitrogens is 2. The summed E-state index contributed by atoms with van der Waals surface area (Å²) in [7, 11) is 0. The van der Waals surface area contributed by atoms with Crippen LogP contribution in [0.1, 0.15) is 54.2 Å². The number of nitrogen functional groups attached to an aromatic ring is 1. The number of aliphatic carboxylic acids is 3. The SMILES string of the molecule is Nc1nc(C(=NO[C@@H](CC(=O)O)C(=O)O)C(=O)N[C@@H]2C(=O)N3C(C(=O)[O-])=C(C[N+]4(CCNC(=O)c5cn(C6CC6)c6cc(O)c(O)cc6c5=O)CCCC4)CS[C@H]23)cs1. The monoisotopic (exact) mass is 854 g/mol. The molecule has 5 heterocycles. The van der Waals surface area contributed by atoms with Gasteiger partial charge in [-0.3, -0.25) is 28.9 Å². The van der Waals surface area contributed by atoms with Crippen LogP contribution < -0.4 is 26.9 Å². The van der Waals surface area contributed by atoms with Crippen LogP contribution in [0.15, 0.2) is 44.9 Å². The maximum absolute atomic E-state index is 13.6. The van der Waals surface area contributed by atoms with Crippen LogP contribution in [0.5, 0.6) is 11.5 Å². The molecule has 1 saturated carbocycles. The van der Waals surface area contributed by atoms with Crippen molar-refractivity contribution in [3.63, 3.8) is 0 Å². The normalized spacial score (nSPS) is 20.4.